The van der Waals surface area contributed by atoms with Crippen molar-refractivity contribution < 1.29 is 4.92 Å². The number of hydrogen-bond acceptors (Lipinski definition) is 4. The minimum atomic E-state index is -0.361. The molecule has 1 aromatic carbocycles. The zero-order valence-corrected chi connectivity index (χ0v) is 11.3. The largest absolute Gasteiger partial charge is 0.283 e. The van der Waals surface area contributed by atoms with E-state index in [1.807, 2.05) is 35.6 Å². The number of hydrogen-bond donors (Lipinski definition) is 0. The van der Waals surface area contributed by atoms with E-state index in [-0.39, 0.29) is 10.6 Å². The van der Waals surface area contributed by atoms with Crippen molar-refractivity contribution >= 4 is 39.8 Å². The second kappa shape index (κ2) is 4.46. The van der Waals surface area contributed by atoms with Crippen molar-refractivity contribution in [2.75, 3.05) is 0 Å². The molecule has 0 aliphatic rings. The molecule has 0 aliphatic heterocycles. The van der Waals surface area contributed by atoms with Crippen LogP contribution in [0.3, 0.4) is 0 Å². The highest BCUT2D eigenvalue weighted by atomic mass is 127. The molecule has 2 aromatic rings. The first-order valence-electron chi connectivity index (χ1n) is 4.45. The molecule has 0 atom stereocenters. The quantitative estimate of drug-likeness (QED) is 0.474. The fourth-order valence-electron chi connectivity index (χ4n) is 1.40. The standard InChI is InChI=1S/C10H7IN2O2S/c1-6-8(5-12-16-6)7-2-3-9(11)10(4-7)13(14)15/h2-5H,1H3. The van der Waals surface area contributed by atoms with Gasteiger partial charge in [0.1, 0.15) is 0 Å². The lowest BCUT2D eigenvalue weighted by Gasteiger charge is -2.01. The minimum absolute atomic E-state index is 0.142. The summed E-state index contributed by atoms with van der Waals surface area (Å²) >= 11 is 3.36. The van der Waals surface area contributed by atoms with Gasteiger partial charge >= 0.3 is 0 Å². The van der Waals surface area contributed by atoms with Crippen LogP contribution in [0.1, 0.15) is 4.88 Å². The Morgan fingerprint density at radius 1 is 1.50 bits per heavy atom. The number of aromatic nitrogens is 1. The van der Waals surface area contributed by atoms with Gasteiger partial charge in [0.25, 0.3) is 5.69 Å². The monoisotopic (exact) mass is 346 g/mol. The van der Waals surface area contributed by atoms with Crippen molar-refractivity contribution in [3.05, 3.63) is 43.0 Å². The third-order valence-corrected chi connectivity index (χ3v) is 3.82. The molecule has 0 radical (unpaired) electrons. The van der Waals surface area contributed by atoms with Gasteiger partial charge in [0.2, 0.25) is 0 Å². The summed E-state index contributed by atoms with van der Waals surface area (Å²) in [7, 11) is 0. The highest BCUT2D eigenvalue weighted by Crippen LogP contribution is 2.30. The summed E-state index contributed by atoms with van der Waals surface area (Å²) in [5.74, 6) is 0. The van der Waals surface area contributed by atoms with Crippen molar-refractivity contribution in [3.63, 3.8) is 0 Å². The minimum Gasteiger partial charge on any atom is -0.258 e. The Hall–Kier alpha value is -1.02. The molecule has 0 saturated heterocycles. The van der Waals surface area contributed by atoms with Gasteiger partial charge in [-0.2, -0.15) is 0 Å². The first kappa shape index (κ1) is 11.5. The van der Waals surface area contributed by atoms with Crippen LogP contribution in [-0.4, -0.2) is 9.30 Å². The van der Waals surface area contributed by atoms with Gasteiger partial charge < -0.3 is 0 Å². The van der Waals surface area contributed by atoms with Crippen molar-refractivity contribution in [2.24, 2.45) is 0 Å². The van der Waals surface area contributed by atoms with Crippen LogP contribution in [0, 0.1) is 20.6 Å². The molecular formula is C10H7IN2O2S. The molecule has 2 rings (SSSR count). The van der Waals surface area contributed by atoms with Gasteiger partial charge in [-0.05, 0) is 52.7 Å². The Morgan fingerprint density at radius 2 is 2.25 bits per heavy atom. The van der Waals surface area contributed by atoms with E-state index >= 15 is 0 Å². The molecule has 0 unspecified atom stereocenters. The van der Waals surface area contributed by atoms with E-state index in [0.717, 1.165) is 16.0 Å². The maximum atomic E-state index is 10.8. The van der Waals surface area contributed by atoms with Crippen LogP contribution in [0.15, 0.2) is 24.4 Å². The van der Waals surface area contributed by atoms with Crippen LogP contribution in [0.2, 0.25) is 0 Å². The summed E-state index contributed by atoms with van der Waals surface area (Å²) in [6, 6.07) is 5.23. The normalized spacial score (nSPS) is 10.4. The number of halogens is 1. The fraction of sp³-hybridized carbons (Fsp3) is 0.100. The van der Waals surface area contributed by atoms with Gasteiger partial charge in [-0.3, -0.25) is 10.1 Å². The van der Waals surface area contributed by atoms with E-state index in [0.29, 0.717) is 3.57 Å². The van der Waals surface area contributed by atoms with Gasteiger partial charge in [0.05, 0.1) is 8.49 Å². The number of nitro benzene ring substituents is 1. The first-order valence-corrected chi connectivity index (χ1v) is 6.30. The number of nitro groups is 1. The molecule has 0 N–H and O–H groups in total. The van der Waals surface area contributed by atoms with Crippen LogP contribution in [-0.2, 0) is 0 Å². The van der Waals surface area contributed by atoms with E-state index in [1.165, 1.54) is 11.5 Å². The molecule has 16 heavy (non-hydrogen) atoms. The molecule has 0 amide bonds. The molecule has 82 valence electrons. The number of aryl methyl sites for hydroxylation is 1. The Labute approximate surface area is 110 Å². The second-order valence-electron chi connectivity index (χ2n) is 3.22. The topological polar surface area (TPSA) is 56.0 Å². The molecule has 0 saturated carbocycles. The summed E-state index contributed by atoms with van der Waals surface area (Å²) in [4.78, 5) is 11.5. The van der Waals surface area contributed by atoms with Crippen molar-refractivity contribution in [2.45, 2.75) is 6.92 Å². The van der Waals surface area contributed by atoms with Gasteiger partial charge in [-0.25, -0.2) is 4.37 Å². The van der Waals surface area contributed by atoms with Gasteiger partial charge in [0.15, 0.2) is 0 Å². The van der Waals surface area contributed by atoms with Crippen molar-refractivity contribution in [1.29, 1.82) is 0 Å². The lowest BCUT2D eigenvalue weighted by molar-refractivity contribution is -0.385. The first-order chi connectivity index (χ1) is 7.59. The molecule has 0 spiro atoms. The molecule has 0 fully saturated rings. The Morgan fingerprint density at radius 3 is 2.81 bits per heavy atom. The Bertz CT molecular complexity index is 554. The predicted octanol–water partition coefficient (Wildman–Crippen LogP) is 3.63. The van der Waals surface area contributed by atoms with Gasteiger partial charge in [0, 0.05) is 22.7 Å². The molecule has 0 bridgehead atoms. The zero-order chi connectivity index (χ0) is 11.7. The molecule has 6 heteroatoms. The van der Waals surface area contributed by atoms with E-state index in [2.05, 4.69) is 4.37 Å². The smallest absolute Gasteiger partial charge is 0.258 e. The average Bonchev–Trinajstić information content (AvgIpc) is 2.65. The molecule has 0 aliphatic carbocycles. The summed E-state index contributed by atoms with van der Waals surface area (Å²) in [5, 5.41) is 10.8. The highest BCUT2D eigenvalue weighted by Gasteiger charge is 2.14. The van der Waals surface area contributed by atoms with Crippen LogP contribution >= 0.6 is 34.1 Å². The van der Waals surface area contributed by atoms with E-state index < -0.39 is 0 Å². The maximum absolute atomic E-state index is 10.8. The Balaban J connectivity index is 2.56. The molecule has 1 aromatic heterocycles. The van der Waals surface area contributed by atoms with Crippen LogP contribution in [0.5, 0.6) is 0 Å². The summed E-state index contributed by atoms with van der Waals surface area (Å²) in [6.07, 6.45) is 1.74. The second-order valence-corrected chi connectivity index (χ2v) is 5.39. The average molecular weight is 346 g/mol. The van der Waals surface area contributed by atoms with Gasteiger partial charge in [-0.1, -0.05) is 6.07 Å². The third-order valence-electron chi connectivity index (χ3n) is 2.20. The van der Waals surface area contributed by atoms with Crippen LogP contribution in [0.25, 0.3) is 11.1 Å². The number of rotatable bonds is 2. The van der Waals surface area contributed by atoms with E-state index in [9.17, 15) is 10.1 Å². The lowest BCUT2D eigenvalue weighted by Crippen LogP contribution is -1.92. The van der Waals surface area contributed by atoms with E-state index in [1.54, 1.807) is 18.3 Å². The highest BCUT2D eigenvalue weighted by molar-refractivity contribution is 14.1. The lowest BCUT2D eigenvalue weighted by atomic mass is 10.1. The Kier molecular flexibility index (Phi) is 3.20. The third kappa shape index (κ3) is 2.07. The summed E-state index contributed by atoms with van der Waals surface area (Å²) in [5.41, 5.74) is 1.95. The van der Waals surface area contributed by atoms with Crippen molar-refractivity contribution in [3.8, 4) is 11.1 Å². The summed E-state index contributed by atoms with van der Waals surface area (Å²) < 4.78 is 4.71. The fourth-order valence-corrected chi connectivity index (χ4v) is 2.51. The number of benzene rings is 1. The van der Waals surface area contributed by atoms with E-state index in [4.69, 9.17) is 0 Å². The van der Waals surface area contributed by atoms with Crippen LogP contribution in [0.4, 0.5) is 5.69 Å². The molecule has 4 nitrogen and oxygen atoms in total. The molecule has 1 heterocycles. The zero-order valence-electron chi connectivity index (χ0n) is 8.31. The van der Waals surface area contributed by atoms with Crippen LogP contribution < -0.4 is 0 Å². The summed E-state index contributed by atoms with van der Waals surface area (Å²) in [6.45, 7) is 1.96. The van der Waals surface area contributed by atoms with Gasteiger partial charge in [-0.15, -0.1) is 0 Å². The maximum Gasteiger partial charge on any atom is 0.283 e. The van der Waals surface area contributed by atoms with Crippen molar-refractivity contribution in [1.82, 2.24) is 4.37 Å². The SMILES string of the molecule is Cc1sncc1-c1ccc(I)c([N+](=O)[O-])c1. The number of nitrogens with zero attached hydrogens (tertiary/aromatic N) is 2. The predicted molar refractivity (Wildman–Crippen MR) is 71.7 cm³/mol. The molecular weight excluding hydrogens is 339 g/mol.